The van der Waals surface area contributed by atoms with E-state index in [1.165, 1.54) is 19.4 Å². The molecule has 0 bridgehead atoms. The van der Waals surface area contributed by atoms with Crippen molar-refractivity contribution in [1.29, 1.82) is 0 Å². The normalized spacial score (nSPS) is 20.1. The average molecular weight is 364 g/mol. The van der Waals surface area contributed by atoms with Gasteiger partial charge in [-0.25, -0.2) is 0 Å². The molecule has 0 aromatic carbocycles. The van der Waals surface area contributed by atoms with Crippen molar-refractivity contribution in [1.82, 2.24) is 15.5 Å². The number of halogens is 1. The van der Waals surface area contributed by atoms with Crippen LogP contribution in [0.3, 0.4) is 0 Å². The van der Waals surface area contributed by atoms with Crippen molar-refractivity contribution in [3.05, 3.63) is 0 Å². The van der Waals surface area contributed by atoms with Crippen LogP contribution in [0.4, 0.5) is 0 Å². The van der Waals surface area contributed by atoms with Crippen LogP contribution in [0.25, 0.3) is 0 Å². The first-order valence-corrected chi connectivity index (χ1v) is 6.51. The molecule has 0 spiro atoms. The Bertz CT molecular complexity index is 285. The van der Waals surface area contributed by atoms with Gasteiger partial charge in [0.05, 0.1) is 13.1 Å². The molecule has 5 heteroatoms. The van der Waals surface area contributed by atoms with Crippen molar-refractivity contribution in [2.24, 2.45) is 4.99 Å². The maximum atomic E-state index is 5.23. The second-order valence-corrected chi connectivity index (χ2v) is 4.20. The SMILES string of the molecule is C#CCNC(=NCC1CCCN1CC)NCC.I. The molecule has 0 aromatic heterocycles. The molecule has 1 atom stereocenters. The Balaban J connectivity index is 0.00000289. The van der Waals surface area contributed by atoms with Crippen LogP contribution in [-0.4, -0.2) is 49.6 Å². The van der Waals surface area contributed by atoms with Crippen LogP contribution < -0.4 is 10.6 Å². The number of likely N-dealkylation sites (N-methyl/N-ethyl adjacent to an activating group) is 1. The lowest BCUT2D eigenvalue weighted by Gasteiger charge is -2.21. The standard InChI is InChI=1S/C13H24N4.HI/c1-4-9-15-13(14-5-2)16-11-12-8-7-10-17(12)6-3;/h1,12H,5-11H2,2-3H3,(H2,14,15,16);1H. The summed E-state index contributed by atoms with van der Waals surface area (Å²) in [6, 6.07) is 0.598. The molecule has 1 rings (SSSR count). The molecule has 1 unspecified atom stereocenters. The van der Waals surface area contributed by atoms with Crippen LogP contribution in [0.1, 0.15) is 26.7 Å². The monoisotopic (exact) mass is 364 g/mol. The molecule has 1 aliphatic heterocycles. The highest BCUT2D eigenvalue weighted by Crippen LogP contribution is 2.16. The van der Waals surface area contributed by atoms with Gasteiger partial charge in [-0.15, -0.1) is 30.4 Å². The molecule has 1 saturated heterocycles. The fourth-order valence-corrected chi connectivity index (χ4v) is 2.19. The molecule has 0 aliphatic carbocycles. The minimum atomic E-state index is 0. The van der Waals surface area contributed by atoms with Crippen molar-refractivity contribution in [2.45, 2.75) is 32.7 Å². The van der Waals surface area contributed by atoms with Crippen LogP contribution in [0.2, 0.25) is 0 Å². The molecule has 0 radical (unpaired) electrons. The van der Waals surface area contributed by atoms with E-state index in [2.05, 4.69) is 40.3 Å². The molecular weight excluding hydrogens is 339 g/mol. The Hall–Kier alpha value is -0.480. The summed E-state index contributed by atoms with van der Waals surface area (Å²) in [5, 5.41) is 6.31. The summed E-state index contributed by atoms with van der Waals surface area (Å²) in [6.45, 7) is 8.84. The molecule has 18 heavy (non-hydrogen) atoms. The van der Waals surface area contributed by atoms with E-state index < -0.39 is 0 Å². The molecule has 0 aromatic rings. The van der Waals surface area contributed by atoms with Gasteiger partial charge in [0.2, 0.25) is 0 Å². The molecule has 104 valence electrons. The Labute approximate surface area is 128 Å². The second-order valence-electron chi connectivity index (χ2n) is 4.20. The lowest BCUT2D eigenvalue weighted by molar-refractivity contribution is 0.273. The Morgan fingerprint density at radius 2 is 2.22 bits per heavy atom. The molecule has 1 aliphatic rings. The third kappa shape index (κ3) is 5.91. The van der Waals surface area contributed by atoms with E-state index in [-0.39, 0.29) is 24.0 Å². The minimum Gasteiger partial charge on any atom is -0.357 e. The molecule has 0 amide bonds. The molecule has 2 N–H and O–H groups in total. The van der Waals surface area contributed by atoms with Crippen molar-refractivity contribution in [3.8, 4) is 12.3 Å². The van der Waals surface area contributed by atoms with Crippen LogP contribution in [0.5, 0.6) is 0 Å². The number of hydrogen-bond acceptors (Lipinski definition) is 2. The predicted octanol–water partition coefficient (Wildman–Crippen LogP) is 1.28. The van der Waals surface area contributed by atoms with Gasteiger partial charge in [-0.2, -0.15) is 0 Å². The maximum Gasteiger partial charge on any atom is 0.192 e. The van der Waals surface area contributed by atoms with Crippen molar-refractivity contribution in [2.75, 3.05) is 32.7 Å². The van der Waals surface area contributed by atoms with Crippen LogP contribution >= 0.6 is 24.0 Å². The molecule has 0 saturated carbocycles. The van der Waals surface area contributed by atoms with Crippen LogP contribution in [-0.2, 0) is 0 Å². The van der Waals surface area contributed by atoms with E-state index in [0.29, 0.717) is 12.6 Å². The quantitative estimate of drug-likeness (QED) is 0.334. The van der Waals surface area contributed by atoms with E-state index in [0.717, 1.165) is 25.6 Å². The highest BCUT2D eigenvalue weighted by atomic mass is 127. The van der Waals surface area contributed by atoms with E-state index in [1.807, 2.05) is 0 Å². The summed E-state index contributed by atoms with van der Waals surface area (Å²) < 4.78 is 0. The molecule has 1 fully saturated rings. The highest BCUT2D eigenvalue weighted by molar-refractivity contribution is 14.0. The first-order valence-electron chi connectivity index (χ1n) is 6.51. The summed E-state index contributed by atoms with van der Waals surface area (Å²) in [7, 11) is 0. The fraction of sp³-hybridized carbons (Fsp3) is 0.769. The van der Waals surface area contributed by atoms with E-state index >= 15 is 0 Å². The Morgan fingerprint density at radius 1 is 1.44 bits per heavy atom. The number of terminal acetylenes is 1. The number of aliphatic imine (C=N–C) groups is 1. The van der Waals surface area contributed by atoms with Gasteiger partial charge in [-0.05, 0) is 32.9 Å². The molecule has 4 nitrogen and oxygen atoms in total. The average Bonchev–Trinajstić information content (AvgIpc) is 2.80. The lowest BCUT2D eigenvalue weighted by Crippen LogP contribution is -2.39. The third-order valence-electron chi connectivity index (χ3n) is 3.07. The summed E-state index contributed by atoms with van der Waals surface area (Å²) in [5.74, 6) is 3.39. The number of likely N-dealkylation sites (tertiary alicyclic amines) is 1. The van der Waals surface area contributed by atoms with Gasteiger partial charge in [0.15, 0.2) is 5.96 Å². The third-order valence-corrected chi connectivity index (χ3v) is 3.07. The lowest BCUT2D eigenvalue weighted by atomic mass is 10.2. The summed E-state index contributed by atoms with van der Waals surface area (Å²) in [5.41, 5.74) is 0. The first kappa shape index (κ1) is 17.5. The van der Waals surface area contributed by atoms with Crippen molar-refractivity contribution >= 4 is 29.9 Å². The molecular formula is C13H25IN4. The van der Waals surface area contributed by atoms with Gasteiger partial charge in [-0.3, -0.25) is 9.89 Å². The van der Waals surface area contributed by atoms with Gasteiger partial charge in [0.1, 0.15) is 0 Å². The minimum absolute atomic E-state index is 0. The Morgan fingerprint density at radius 3 is 2.83 bits per heavy atom. The zero-order valence-corrected chi connectivity index (χ0v) is 13.7. The van der Waals surface area contributed by atoms with Gasteiger partial charge >= 0.3 is 0 Å². The predicted molar refractivity (Wildman–Crippen MR) is 88.5 cm³/mol. The maximum absolute atomic E-state index is 5.23. The fourth-order valence-electron chi connectivity index (χ4n) is 2.19. The Kier molecular flexibility index (Phi) is 10.2. The molecule has 1 heterocycles. The van der Waals surface area contributed by atoms with E-state index in [1.54, 1.807) is 0 Å². The van der Waals surface area contributed by atoms with Gasteiger partial charge in [0.25, 0.3) is 0 Å². The highest BCUT2D eigenvalue weighted by Gasteiger charge is 2.22. The van der Waals surface area contributed by atoms with Gasteiger partial charge < -0.3 is 10.6 Å². The van der Waals surface area contributed by atoms with Gasteiger partial charge in [0, 0.05) is 12.6 Å². The number of rotatable bonds is 5. The van der Waals surface area contributed by atoms with Crippen LogP contribution in [0.15, 0.2) is 4.99 Å². The number of nitrogens with one attached hydrogen (secondary N) is 2. The largest absolute Gasteiger partial charge is 0.357 e. The van der Waals surface area contributed by atoms with E-state index in [9.17, 15) is 0 Å². The number of hydrogen-bond donors (Lipinski definition) is 2. The van der Waals surface area contributed by atoms with Crippen molar-refractivity contribution in [3.63, 3.8) is 0 Å². The van der Waals surface area contributed by atoms with Gasteiger partial charge in [-0.1, -0.05) is 12.8 Å². The summed E-state index contributed by atoms with van der Waals surface area (Å²) in [6.07, 6.45) is 7.78. The zero-order chi connectivity index (χ0) is 12.5. The smallest absolute Gasteiger partial charge is 0.192 e. The zero-order valence-electron chi connectivity index (χ0n) is 11.4. The van der Waals surface area contributed by atoms with Crippen molar-refractivity contribution < 1.29 is 0 Å². The number of guanidine groups is 1. The number of nitrogens with zero attached hydrogens (tertiary/aromatic N) is 2. The first-order chi connectivity index (χ1) is 8.31. The van der Waals surface area contributed by atoms with E-state index in [4.69, 9.17) is 6.42 Å². The second kappa shape index (κ2) is 10.4. The summed E-state index contributed by atoms with van der Waals surface area (Å²) in [4.78, 5) is 7.08. The van der Waals surface area contributed by atoms with Crippen LogP contribution in [0, 0.1) is 12.3 Å². The topological polar surface area (TPSA) is 39.7 Å². The summed E-state index contributed by atoms with van der Waals surface area (Å²) >= 11 is 0.